The van der Waals surface area contributed by atoms with Crippen LogP contribution >= 0.6 is 0 Å². The van der Waals surface area contributed by atoms with E-state index >= 15 is 0 Å². The molecule has 0 atom stereocenters. The van der Waals surface area contributed by atoms with E-state index in [4.69, 9.17) is 14.2 Å². The number of hydrogen-bond acceptors (Lipinski definition) is 3. The molecule has 3 nitrogen and oxygen atoms in total. The topological polar surface area (TPSA) is 27.7 Å². The van der Waals surface area contributed by atoms with Gasteiger partial charge in [-0.2, -0.15) is 0 Å². The highest BCUT2D eigenvalue weighted by atomic mass is 16.7. The van der Waals surface area contributed by atoms with Gasteiger partial charge >= 0.3 is 0 Å². The number of rotatable bonds is 9. The molecule has 0 amide bonds. The average molecular weight is 340 g/mol. The second-order valence-electron chi connectivity index (χ2n) is 6.45. The Hall–Kier alpha value is -1.84. The summed E-state index contributed by atoms with van der Waals surface area (Å²) in [7, 11) is 0. The molecule has 3 rings (SSSR count). The first kappa shape index (κ1) is 18.0. The summed E-state index contributed by atoms with van der Waals surface area (Å²) < 4.78 is 16.6. The zero-order valence-electron chi connectivity index (χ0n) is 15.3. The van der Waals surface area contributed by atoms with Crippen molar-refractivity contribution in [1.29, 1.82) is 0 Å². The molecule has 0 unspecified atom stereocenters. The third-order valence-electron chi connectivity index (χ3n) is 4.79. The second-order valence-corrected chi connectivity index (χ2v) is 6.45. The summed E-state index contributed by atoms with van der Waals surface area (Å²) in [5, 5.41) is 0. The SMILES string of the molecule is CCOCOc1ccc(CCCc2cccc3c2COC3)cc1CC. The van der Waals surface area contributed by atoms with Crippen molar-refractivity contribution in [2.24, 2.45) is 0 Å². The molecule has 0 aromatic heterocycles. The van der Waals surface area contributed by atoms with Crippen LogP contribution in [-0.2, 0) is 41.9 Å². The molecule has 0 N–H and O–H groups in total. The van der Waals surface area contributed by atoms with Crippen molar-refractivity contribution in [3.63, 3.8) is 0 Å². The van der Waals surface area contributed by atoms with Gasteiger partial charge in [0.05, 0.1) is 13.2 Å². The van der Waals surface area contributed by atoms with E-state index in [1.165, 1.54) is 27.8 Å². The van der Waals surface area contributed by atoms with Gasteiger partial charge in [0, 0.05) is 6.61 Å². The van der Waals surface area contributed by atoms with E-state index in [2.05, 4.69) is 43.3 Å². The summed E-state index contributed by atoms with van der Waals surface area (Å²) in [6.07, 6.45) is 4.32. The lowest BCUT2D eigenvalue weighted by molar-refractivity contribution is 0.0218. The number of aryl methyl sites for hydroxylation is 3. The van der Waals surface area contributed by atoms with E-state index in [9.17, 15) is 0 Å². The Morgan fingerprint density at radius 3 is 2.76 bits per heavy atom. The van der Waals surface area contributed by atoms with Gasteiger partial charge in [0.2, 0.25) is 0 Å². The van der Waals surface area contributed by atoms with Crippen molar-refractivity contribution < 1.29 is 14.2 Å². The summed E-state index contributed by atoms with van der Waals surface area (Å²) in [6.45, 7) is 6.68. The zero-order chi connectivity index (χ0) is 17.5. The molecule has 1 aliphatic rings. The standard InChI is InChI=1S/C22H28O3/c1-3-18-13-17(11-12-22(18)25-16-23-4-2)7-5-8-19-9-6-10-20-14-24-15-21(19)20/h6,9-13H,3-5,7-8,14-16H2,1-2H3. The highest BCUT2D eigenvalue weighted by Crippen LogP contribution is 2.25. The molecule has 0 bridgehead atoms. The molecule has 0 spiro atoms. The largest absolute Gasteiger partial charge is 0.467 e. The van der Waals surface area contributed by atoms with Gasteiger partial charge in [-0.05, 0) is 66.5 Å². The molecule has 0 fully saturated rings. The van der Waals surface area contributed by atoms with E-state index in [0.29, 0.717) is 13.4 Å². The van der Waals surface area contributed by atoms with E-state index in [-0.39, 0.29) is 0 Å². The van der Waals surface area contributed by atoms with Crippen LogP contribution in [-0.4, -0.2) is 13.4 Å². The van der Waals surface area contributed by atoms with Crippen molar-refractivity contribution in [3.05, 3.63) is 64.2 Å². The van der Waals surface area contributed by atoms with Gasteiger partial charge < -0.3 is 14.2 Å². The van der Waals surface area contributed by atoms with Gasteiger partial charge in [-0.3, -0.25) is 0 Å². The van der Waals surface area contributed by atoms with Crippen molar-refractivity contribution in [3.8, 4) is 5.75 Å². The van der Waals surface area contributed by atoms with Crippen LogP contribution in [0.25, 0.3) is 0 Å². The average Bonchev–Trinajstić information content (AvgIpc) is 3.12. The lowest BCUT2D eigenvalue weighted by Crippen LogP contribution is -2.04. The first-order valence-electron chi connectivity index (χ1n) is 9.31. The van der Waals surface area contributed by atoms with Crippen molar-refractivity contribution >= 4 is 0 Å². The number of hydrogen-bond donors (Lipinski definition) is 0. The van der Waals surface area contributed by atoms with E-state index < -0.39 is 0 Å². The van der Waals surface area contributed by atoms with E-state index in [1.54, 1.807) is 0 Å². The summed E-state index contributed by atoms with van der Waals surface area (Å²) in [5.74, 6) is 0.942. The van der Waals surface area contributed by atoms with Crippen LogP contribution in [0.3, 0.4) is 0 Å². The van der Waals surface area contributed by atoms with Gasteiger partial charge in [0.25, 0.3) is 0 Å². The minimum atomic E-state index is 0.323. The summed E-state index contributed by atoms with van der Waals surface area (Å²) in [5.41, 5.74) is 6.86. The predicted octanol–water partition coefficient (Wildman–Crippen LogP) is 4.83. The fourth-order valence-corrected chi connectivity index (χ4v) is 3.38. The lowest BCUT2D eigenvalue weighted by Gasteiger charge is -2.12. The number of fused-ring (bicyclic) bond motifs is 1. The molecule has 0 radical (unpaired) electrons. The molecule has 2 aromatic rings. The zero-order valence-corrected chi connectivity index (χ0v) is 15.3. The number of benzene rings is 2. The third-order valence-corrected chi connectivity index (χ3v) is 4.79. The van der Waals surface area contributed by atoms with Crippen molar-refractivity contribution in [2.75, 3.05) is 13.4 Å². The molecule has 25 heavy (non-hydrogen) atoms. The highest BCUT2D eigenvalue weighted by molar-refractivity contribution is 5.38. The molecular formula is C22H28O3. The Bertz CT molecular complexity index is 694. The summed E-state index contributed by atoms with van der Waals surface area (Å²) in [4.78, 5) is 0. The lowest BCUT2D eigenvalue weighted by atomic mass is 9.97. The van der Waals surface area contributed by atoms with Gasteiger partial charge in [-0.15, -0.1) is 0 Å². The molecule has 2 aromatic carbocycles. The van der Waals surface area contributed by atoms with Crippen LogP contribution in [0.4, 0.5) is 0 Å². The van der Waals surface area contributed by atoms with Crippen LogP contribution in [0, 0.1) is 0 Å². The Kier molecular flexibility index (Phi) is 6.48. The van der Waals surface area contributed by atoms with Crippen LogP contribution in [0.1, 0.15) is 48.1 Å². The Labute approximate surface area is 150 Å². The monoisotopic (exact) mass is 340 g/mol. The third kappa shape index (κ3) is 4.62. The maximum absolute atomic E-state index is 5.71. The molecule has 1 heterocycles. The van der Waals surface area contributed by atoms with E-state index in [0.717, 1.165) is 44.6 Å². The normalized spacial score (nSPS) is 13.0. The Morgan fingerprint density at radius 2 is 1.92 bits per heavy atom. The molecule has 0 saturated carbocycles. The van der Waals surface area contributed by atoms with Crippen LogP contribution in [0.5, 0.6) is 5.75 Å². The van der Waals surface area contributed by atoms with Crippen molar-refractivity contribution in [2.45, 2.75) is 52.7 Å². The van der Waals surface area contributed by atoms with Gasteiger partial charge in [-0.25, -0.2) is 0 Å². The predicted molar refractivity (Wildman–Crippen MR) is 99.9 cm³/mol. The quantitative estimate of drug-likeness (QED) is 0.483. The number of ether oxygens (including phenoxy) is 3. The van der Waals surface area contributed by atoms with Gasteiger partial charge in [-0.1, -0.05) is 37.3 Å². The first-order chi connectivity index (χ1) is 12.3. The molecular weight excluding hydrogens is 312 g/mol. The second kappa shape index (κ2) is 9.02. The fourth-order valence-electron chi connectivity index (χ4n) is 3.38. The Morgan fingerprint density at radius 1 is 1.00 bits per heavy atom. The minimum absolute atomic E-state index is 0.323. The van der Waals surface area contributed by atoms with E-state index in [1.807, 2.05) is 6.92 Å². The van der Waals surface area contributed by atoms with Crippen LogP contribution < -0.4 is 4.74 Å². The Balaban J connectivity index is 1.57. The maximum Gasteiger partial charge on any atom is 0.189 e. The molecule has 3 heteroatoms. The summed E-state index contributed by atoms with van der Waals surface area (Å²) >= 11 is 0. The van der Waals surface area contributed by atoms with Crippen molar-refractivity contribution in [1.82, 2.24) is 0 Å². The fraction of sp³-hybridized carbons (Fsp3) is 0.455. The highest BCUT2D eigenvalue weighted by Gasteiger charge is 2.14. The summed E-state index contributed by atoms with van der Waals surface area (Å²) in [6, 6.07) is 13.1. The maximum atomic E-state index is 5.71. The minimum Gasteiger partial charge on any atom is -0.467 e. The van der Waals surface area contributed by atoms with Gasteiger partial charge in [0.15, 0.2) is 6.79 Å². The molecule has 0 aliphatic carbocycles. The molecule has 1 aliphatic heterocycles. The van der Waals surface area contributed by atoms with Crippen LogP contribution in [0.15, 0.2) is 36.4 Å². The molecule has 134 valence electrons. The molecule has 0 saturated heterocycles. The first-order valence-corrected chi connectivity index (χ1v) is 9.31. The smallest absolute Gasteiger partial charge is 0.189 e. The van der Waals surface area contributed by atoms with Crippen LogP contribution in [0.2, 0.25) is 0 Å². The van der Waals surface area contributed by atoms with Gasteiger partial charge in [0.1, 0.15) is 5.75 Å².